The zero-order valence-electron chi connectivity index (χ0n) is 11.4. The number of rotatable bonds is 1. The van der Waals surface area contributed by atoms with Gasteiger partial charge in [-0.3, -0.25) is 4.99 Å². The molecule has 1 aliphatic heterocycles. The van der Waals surface area contributed by atoms with Crippen molar-refractivity contribution in [2.24, 2.45) is 4.99 Å². The standard InChI is InChI=1S/C16H12N4S/c1-20-12-7-13(21)11-8-17-9-18-14(11)15(12)19-16(20)10-5-3-2-4-6-10/h2-9,16H,1H3. The third kappa shape index (κ3) is 1.81. The van der Waals surface area contributed by atoms with Crippen LogP contribution in [0, 0.1) is 0 Å². The maximum absolute atomic E-state index is 5.45. The Morgan fingerprint density at radius 1 is 1.19 bits per heavy atom. The minimum Gasteiger partial charge on any atom is -0.347 e. The van der Waals surface area contributed by atoms with E-state index < -0.39 is 0 Å². The summed E-state index contributed by atoms with van der Waals surface area (Å²) < 4.78 is 0. The van der Waals surface area contributed by atoms with E-state index in [1.807, 2.05) is 31.3 Å². The van der Waals surface area contributed by atoms with Crippen LogP contribution in [-0.4, -0.2) is 32.5 Å². The van der Waals surface area contributed by atoms with Crippen molar-refractivity contribution in [3.8, 4) is 0 Å². The van der Waals surface area contributed by atoms with Gasteiger partial charge in [-0.2, -0.15) is 0 Å². The normalized spacial score (nSPS) is 19.8. The second kappa shape index (κ2) is 4.56. The van der Waals surface area contributed by atoms with Crippen LogP contribution >= 0.6 is 12.2 Å². The maximum atomic E-state index is 5.45. The first-order valence-electron chi connectivity index (χ1n) is 6.68. The topological polar surface area (TPSA) is 41.4 Å². The molecule has 102 valence electrons. The van der Waals surface area contributed by atoms with Crippen LogP contribution in [0.1, 0.15) is 23.0 Å². The fraction of sp³-hybridized carbons (Fsp3) is 0.125. The Bertz CT molecular complexity index is 795. The number of aliphatic imine (C=N–C) groups is 1. The summed E-state index contributed by atoms with van der Waals surface area (Å²) in [5.41, 5.74) is 4.80. The first kappa shape index (κ1) is 12.3. The quantitative estimate of drug-likeness (QED) is 0.757. The summed E-state index contributed by atoms with van der Waals surface area (Å²) in [5, 5.41) is 0. The van der Waals surface area contributed by atoms with E-state index in [-0.39, 0.29) is 6.17 Å². The largest absolute Gasteiger partial charge is 0.347 e. The van der Waals surface area contributed by atoms with Gasteiger partial charge in [0.2, 0.25) is 0 Å². The van der Waals surface area contributed by atoms with E-state index in [1.165, 1.54) is 0 Å². The molecule has 1 aromatic carbocycles. The number of thiocarbonyl (C=S) groups is 1. The fourth-order valence-corrected chi connectivity index (χ4v) is 3.01. The van der Waals surface area contributed by atoms with Gasteiger partial charge >= 0.3 is 0 Å². The molecule has 4 nitrogen and oxygen atoms in total. The molecule has 5 heteroatoms. The summed E-state index contributed by atoms with van der Waals surface area (Å²) in [4.78, 5) is 16.2. The minimum atomic E-state index is -0.0313. The van der Waals surface area contributed by atoms with Crippen LogP contribution < -0.4 is 0 Å². The third-order valence-corrected chi connectivity index (χ3v) is 4.15. The van der Waals surface area contributed by atoms with Crippen LogP contribution in [0.3, 0.4) is 0 Å². The smallest absolute Gasteiger partial charge is 0.147 e. The van der Waals surface area contributed by atoms with Gasteiger partial charge in [-0.1, -0.05) is 42.5 Å². The molecule has 4 rings (SSSR count). The molecule has 1 atom stereocenters. The Morgan fingerprint density at radius 3 is 2.81 bits per heavy atom. The highest BCUT2D eigenvalue weighted by Crippen LogP contribution is 2.36. The first-order valence-corrected chi connectivity index (χ1v) is 7.09. The van der Waals surface area contributed by atoms with Crippen LogP contribution in [-0.2, 0) is 0 Å². The molecule has 0 bridgehead atoms. The summed E-state index contributed by atoms with van der Waals surface area (Å²) in [6.45, 7) is 0. The van der Waals surface area contributed by atoms with Gasteiger partial charge in [0.05, 0.1) is 10.6 Å². The second-order valence-corrected chi connectivity index (χ2v) is 5.49. The number of nitrogens with zero attached hydrogens (tertiary/aromatic N) is 4. The molecule has 0 amide bonds. The Morgan fingerprint density at radius 2 is 2.00 bits per heavy atom. The molecule has 2 heterocycles. The van der Waals surface area contributed by atoms with E-state index in [2.05, 4.69) is 27.0 Å². The SMILES string of the molecule is CN1C2=CC(=S)c3cncnc3C2=NC1c1ccccc1. The number of aromatic nitrogens is 2. The Labute approximate surface area is 127 Å². The van der Waals surface area contributed by atoms with Crippen LogP contribution in [0.15, 0.2) is 59.6 Å². The molecule has 0 saturated heterocycles. The lowest BCUT2D eigenvalue weighted by molar-refractivity contribution is 0.356. The number of hydrogen-bond donors (Lipinski definition) is 0. The molecule has 0 radical (unpaired) electrons. The summed E-state index contributed by atoms with van der Waals surface area (Å²) in [6, 6.07) is 10.2. The summed E-state index contributed by atoms with van der Waals surface area (Å²) in [7, 11) is 2.04. The van der Waals surface area contributed by atoms with Crippen LogP contribution in [0.5, 0.6) is 0 Å². The molecule has 0 saturated carbocycles. The van der Waals surface area contributed by atoms with Gasteiger partial charge in [-0.15, -0.1) is 0 Å². The van der Waals surface area contributed by atoms with Crippen LogP contribution in [0.4, 0.5) is 0 Å². The third-order valence-electron chi connectivity index (χ3n) is 3.81. The Kier molecular flexibility index (Phi) is 2.68. The van der Waals surface area contributed by atoms with Crippen LogP contribution in [0.2, 0.25) is 0 Å². The van der Waals surface area contributed by atoms with Crippen molar-refractivity contribution in [2.45, 2.75) is 6.17 Å². The van der Waals surface area contributed by atoms with Gasteiger partial charge in [-0.25, -0.2) is 9.97 Å². The average molecular weight is 292 g/mol. The first-order chi connectivity index (χ1) is 10.3. The van der Waals surface area contributed by atoms with Gasteiger partial charge in [0, 0.05) is 18.8 Å². The second-order valence-electron chi connectivity index (χ2n) is 5.05. The Hall–Kier alpha value is -2.40. The van der Waals surface area contributed by atoms with Crippen molar-refractivity contribution in [2.75, 3.05) is 7.05 Å². The lowest BCUT2D eigenvalue weighted by atomic mass is 9.99. The van der Waals surface area contributed by atoms with Crippen molar-refractivity contribution in [1.82, 2.24) is 14.9 Å². The molecule has 1 aromatic heterocycles. The lowest BCUT2D eigenvalue weighted by Gasteiger charge is -2.23. The van der Waals surface area contributed by atoms with Crippen molar-refractivity contribution in [3.05, 3.63) is 71.4 Å². The van der Waals surface area contributed by atoms with Crippen LogP contribution in [0.25, 0.3) is 0 Å². The van der Waals surface area contributed by atoms with E-state index >= 15 is 0 Å². The summed E-state index contributed by atoms with van der Waals surface area (Å²) in [6.07, 6.45) is 5.26. The zero-order chi connectivity index (χ0) is 14.4. The minimum absolute atomic E-state index is 0.0313. The number of allylic oxidation sites excluding steroid dienone is 2. The van der Waals surface area contributed by atoms with Gasteiger partial charge in [0.15, 0.2) is 0 Å². The van der Waals surface area contributed by atoms with E-state index in [0.717, 1.165) is 33.1 Å². The van der Waals surface area contributed by atoms with E-state index in [0.29, 0.717) is 0 Å². The van der Waals surface area contributed by atoms with E-state index in [1.54, 1.807) is 12.5 Å². The molecule has 0 N–H and O–H groups in total. The molecular formula is C16H12N4S. The van der Waals surface area contributed by atoms with E-state index in [9.17, 15) is 0 Å². The average Bonchev–Trinajstić information content (AvgIpc) is 2.86. The summed E-state index contributed by atoms with van der Waals surface area (Å²) in [5.74, 6) is 0. The molecule has 0 spiro atoms. The number of hydrogen-bond acceptors (Lipinski definition) is 5. The number of benzene rings is 1. The molecule has 1 unspecified atom stereocenters. The van der Waals surface area contributed by atoms with Crippen molar-refractivity contribution < 1.29 is 0 Å². The lowest BCUT2D eigenvalue weighted by Crippen LogP contribution is -2.25. The van der Waals surface area contributed by atoms with Crippen molar-refractivity contribution in [3.63, 3.8) is 0 Å². The fourth-order valence-electron chi connectivity index (χ4n) is 2.75. The van der Waals surface area contributed by atoms with Crippen molar-refractivity contribution in [1.29, 1.82) is 0 Å². The maximum Gasteiger partial charge on any atom is 0.147 e. The highest BCUT2D eigenvalue weighted by Gasteiger charge is 2.34. The summed E-state index contributed by atoms with van der Waals surface area (Å²) >= 11 is 5.45. The van der Waals surface area contributed by atoms with Gasteiger partial charge in [0.1, 0.15) is 23.9 Å². The molecular weight excluding hydrogens is 280 g/mol. The Balaban J connectivity index is 1.88. The highest BCUT2D eigenvalue weighted by atomic mass is 32.1. The molecule has 1 aliphatic carbocycles. The number of likely N-dealkylation sites (N-methyl/N-ethyl adjacent to an activating group) is 1. The van der Waals surface area contributed by atoms with Gasteiger partial charge in [0.25, 0.3) is 0 Å². The number of fused-ring (bicyclic) bond motifs is 3. The highest BCUT2D eigenvalue weighted by molar-refractivity contribution is 7.81. The monoisotopic (exact) mass is 292 g/mol. The van der Waals surface area contributed by atoms with Crippen molar-refractivity contribution >= 4 is 22.8 Å². The van der Waals surface area contributed by atoms with E-state index in [4.69, 9.17) is 17.2 Å². The predicted octanol–water partition coefficient (Wildman–Crippen LogP) is 2.53. The zero-order valence-corrected chi connectivity index (χ0v) is 12.2. The van der Waals surface area contributed by atoms with Gasteiger partial charge < -0.3 is 4.90 Å². The molecule has 2 aromatic rings. The van der Waals surface area contributed by atoms with Gasteiger partial charge in [-0.05, 0) is 11.6 Å². The molecule has 0 fully saturated rings. The molecule has 2 aliphatic rings. The predicted molar refractivity (Wildman–Crippen MR) is 85.3 cm³/mol. The molecule has 21 heavy (non-hydrogen) atoms.